The van der Waals surface area contributed by atoms with Gasteiger partial charge >= 0.3 is 13.2 Å². The van der Waals surface area contributed by atoms with Gasteiger partial charge in [0.1, 0.15) is 22.6 Å². The van der Waals surface area contributed by atoms with Crippen molar-refractivity contribution in [3.63, 3.8) is 0 Å². The lowest BCUT2D eigenvalue weighted by molar-refractivity contribution is -0.838. The third-order valence-corrected chi connectivity index (χ3v) is 7.02. The standard InChI is InChI=1S/C26H25F5N2O4S/c1-3-15(10-11-33-35)12-19(16-4-9-20(36-24(28)29)21(13-16)37-25(30)31)22-14-32-23(38-22)26(2,34)17-5-7-18(27)8-6-17/h3-11,13-14,19,24-25,33-35H,12H2,1-2H3/p+1/b11-10-,15-3+. The second-order valence-corrected chi connectivity index (χ2v) is 9.30. The second kappa shape index (κ2) is 13.0. The molecule has 1 heterocycles. The van der Waals surface area contributed by atoms with Gasteiger partial charge in [-0.1, -0.05) is 24.3 Å². The molecule has 6 nitrogen and oxygen atoms in total. The average Bonchev–Trinajstić information content (AvgIpc) is 3.36. The number of nitrogens with two attached hydrogens (primary N) is 1. The molecule has 0 amide bonds. The highest BCUT2D eigenvalue weighted by Gasteiger charge is 2.31. The number of benzene rings is 2. The van der Waals surface area contributed by atoms with Crippen molar-refractivity contribution in [1.29, 1.82) is 0 Å². The predicted molar refractivity (Wildman–Crippen MR) is 130 cm³/mol. The first-order valence-corrected chi connectivity index (χ1v) is 12.1. The van der Waals surface area contributed by atoms with E-state index in [4.69, 9.17) is 5.21 Å². The van der Waals surface area contributed by atoms with E-state index >= 15 is 0 Å². The first-order valence-electron chi connectivity index (χ1n) is 11.3. The molecule has 204 valence electrons. The molecular weight excluding hydrogens is 531 g/mol. The first kappa shape index (κ1) is 29.2. The van der Waals surface area contributed by atoms with Gasteiger partial charge in [-0.2, -0.15) is 23.0 Å². The van der Waals surface area contributed by atoms with Gasteiger partial charge in [0.15, 0.2) is 11.5 Å². The molecule has 0 saturated carbocycles. The van der Waals surface area contributed by atoms with Crippen LogP contribution in [0.15, 0.2) is 72.6 Å². The third-order valence-electron chi connectivity index (χ3n) is 5.70. The summed E-state index contributed by atoms with van der Waals surface area (Å²) < 4.78 is 73.9. The van der Waals surface area contributed by atoms with E-state index in [0.29, 0.717) is 27.4 Å². The highest BCUT2D eigenvalue weighted by Crippen LogP contribution is 2.42. The van der Waals surface area contributed by atoms with Crippen molar-refractivity contribution in [2.24, 2.45) is 0 Å². The quantitative estimate of drug-likeness (QED) is 0.152. The zero-order valence-electron chi connectivity index (χ0n) is 20.3. The van der Waals surface area contributed by atoms with Crippen molar-refractivity contribution >= 4 is 11.3 Å². The monoisotopic (exact) mass is 557 g/mol. The Morgan fingerprint density at radius 3 is 2.34 bits per heavy atom. The average molecular weight is 558 g/mol. The molecule has 0 aliphatic heterocycles. The van der Waals surface area contributed by atoms with Gasteiger partial charge in [-0.15, -0.1) is 11.3 Å². The molecule has 0 radical (unpaired) electrons. The molecule has 2 unspecified atom stereocenters. The van der Waals surface area contributed by atoms with Crippen LogP contribution in [0.4, 0.5) is 22.0 Å². The fourth-order valence-corrected chi connectivity index (χ4v) is 4.87. The van der Waals surface area contributed by atoms with Gasteiger partial charge in [-0.3, -0.25) is 0 Å². The van der Waals surface area contributed by atoms with Gasteiger partial charge < -0.3 is 14.6 Å². The molecule has 0 fully saturated rings. The van der Waals surface area contributed by atoms with Gasteiger partial charge in [0.25, 0.3) is 0 Å². The molecule has 38 heavy (non-hydrogen) atoms. The number of hydrogen-bond donors (Lipinski definition) is 3. The first-order chi connectivity index (χ1) is 18.0. The minimum Gasteiger partial charge on any atom is -0.431 e. The lowest BCUT2D eigenvalue weighted by atomic mass is 9.90. The minimum absolute atomic E-state index is 0.296. The molecule has 0 bridgehead atoms. The number of nitrogens with zero attached hydrogens (tertiary/aromatic N) is 1. The summed E-state index contributed by atoms with van der Waals surface area (Å²) >= 11 is 1.15. The van der Waals surface area contributed by atoms with Crippen LogP contribution in [0.5, 0.6) is 11.5 Å². The summed E-state index contributed by atoms with van der Waals surface area (Å²) in [6.07, 6.45) is 6.66. The van der Waals surface area contributed by atoms with E-state index in [1.165, 1.54) is 55.7 Å². The number of aliphatic hydroxyl groups is 1. The SMILES string of the molecule is C/C=C(\C=C/[NH2+]O)CC(c1ccc(OC(F)F)c(OC(F)F)c1)c1cnc(C(C)(O)c2ccc(F)cc2)s1. The van der Waals surface area contributed by atoms with E-state index in [0.717, 1.165) is 28.5 Å². The van der Waals surface area contributed by atoms with Crippen LogP contribution in [0.2, 0.25) is 0 Å². The van der Waals surface area contributed by atoms with Crippen molar-refractivity contribution in [2.75, 3.05) is 0 Å². The minimum atomic E-state index is -3.28. The van der Waals surface area contributed by atoms with Gasteiger partial charge in [0.05, 0.1) is 0 Å². The van der Waals surface area contributed by atoms with Crippen molar-refractivity contribution in [2.45, 2.75) is 45.0 Å². The van der Waals surface area contributed by atoms with Gasteiger partial charge in [-0.05, 0) is 67.3 Å². The lowest BCUT2D eigenvalue weighted by Gasteiger charge is -2.22. The van der Waals surface area contributed by atoms with Crippen LogP contribution < -0.4 is 15.0 Å². The largest absolute Gasteiger partial charge is 0.431 e. The molecule has 2 aromatic carbocycles. The van der Waals surface area contributed by atoms with Crippen LogP contribution >= 0.6 is 11.3 Å². The Bertz CT molecular complexity index is 1260. The van der Waals surface area contributed by atoms with Crippen LogP contribution in [0, 0.1) is 5.82 Å². The van der Waals surface area contributed by atoms with Crippen molar-refractivity contribution in [1.82, 2.24) is 4.98 Å². The van der Waals surface area contributed by atoms with Gasteiger partial charge in [0.2, 0.25) is 0 Å². The molecule has 0 saturated heterocycles. The van der Waals surface area contributed by atoms with Crippen LogP contribution in [0.1, 0.15) is 47.2 Å². The fraction of sp³-hybridized carbons (Fsp3) is 0.269. The maximum Gasteiger partial charge on any atom is 0.387 e. The summed E-state index contributed by atoms with van der Waals surface area (Å²) in [6, 6.07) is 9.09. The highest BCUT2D eigenvalue weighted by atomic mass is 32.1. The zero-order valence-corrected chi connectivity index (χ0v) is 21.1. The summed E-state index contributed by atoms with van der Waals surface area (Å²) in [4.78, 5) is 4.99. The lowest BCUT2D eigenvalue weighted by Crippen LogP contribution is -2.73. The van der Waals surface area contributed by atoms with E-state index in [1.54, 1.807) is 19.1 Å². The van der Waals surface area contributed by atoms with Gasteiger partial charge in [-0.25, -0.2) is 14.6 Å². The third kappa shape index (κ3) is 7.38. The number of quaternary nitrogens is 1. The highest BCUT2D eigenvalue weighted by molar-refractivity contribution is 7.11. The molecule has 1 aromatic heterocycles. The number of thiazole rings is 1. The zero-order chi connectivity index (χ0) is 27.9. The van der Waals surface area contributed by atoms with Crippen LogP contribution in [0.3, 0.4) is 0 Å². The Labute approximate surface area is 219 Å². The molecule has 3 aromatic rings. The number of halogens is 5. The number of ether oxygens (including phenoxy) is 2. The summed E-state index contributed by atoms with van der Waals surface area (Å²) in [5, 5.41) is 20.6. The summed E-state index contributed by atoms with van der Waals surface area (Å²) in [6.45, 7) is -3.24. The predicted octanol–water partition coefficient (Wildman–Crippen LogP) is 5.68. The molecule has 0 aliphatic carbocycles. The van der Waals surface area contributed by atoms with E-state index in [-0.39, 0.29) is 0 Å². The summed E-state index contributed by atoms with van der Waals surface area (Å²) in [5.74, 6) is -2.11. The number of alkyl halides is 4. The number of rotatable bonds is 12. The maximum atomic E-state index is 13.4. The number of aromatic nitrogens is 1. The van der Waals surface area contributed by atoms with E-state index in [9.17, 15) is 27.1 Å². The summed E-state index contributed by atoms with van der Waals surface area (Å²) in [7, 11) is 0. The molecule has 0 aliphatic rings. The maximum absolute atomic E-state index is 13.4. The van der Waals surface area contributed by atoms with Gasteiger partial charge in [0, 0.05) is 17.0 Å². The van der Waals surface area contributed by atoms with Crippen LogP contribution in [0.25, 0.3) is 0 Å². The fourth-order valence-electron chi connectivity index (χ4n) is 3.76. The Morgan fingerprint density at radius 1 is 1.08 bits per heavy atom. The number of allylic oxidation sites excluding steroid dienone is 3. The molecule has 3 rings (SSSR count). The Kier molecular flexibility index (Phi) is 9.97. The molecule has 4 N–H and O–H groups in total. The molecular formula is C26H26F5N2O4S+. The Balaban J connectivity index is 2.07. The van der Waals surface area contributed by atoms with Crippen molar-refractivity contribution in [3.8, 4) is 11.5 Å². The van der Waals surface area contributed by atoms with Crippen molar-refractivity contribution < 1.29 is 47.2 Å². The van der Waals surface area contributed by atoms with Crippen molar-refractivity contribution in [3.05, 3.63) is 99.4 Å². The molecule has 0 spiro atoms. The van der Waals surface area contributed by atoms with E-state index < -0.39 is 42.1 Å². The Morgan fingerprint density at radius 2 is 1.74 bits per heavy atom. The Hall–Kier alpha value is -3.32. The molecule has 2 atom stereocenters. The van der Waals surface area contributed by atoms with E-state index in [2.05, 4.69) is 14.5 Å². The summed E-state index contributed by atoms with van der Waals surface area (Å²) in [5.41, 5.74) is 0.890. The topological polar surface area (TPSA) is 88.4 Å². The second-order valence-electron chi connectivity index (χ2n) is 8.24. The van der Waals surface area contributed by atoms with Crippen LogP contribution in [-0.4, -0.2) is 28.5 Å². The van der Waals surface area contributed by atoms with Crippen LogP contribution in [-0.2, 0) is 5.60 Å². The normalized spacial score (nSPS) is 14.8. The number of hydroxylamine groups is 1. The smallest absolute Gasteiger partial charge is 0.387 e. The number of hydrogen-bond acceptors (Lipinski definition) is 6. The van der Waals surface area contributed by atoms with E-state index in [1.807, 2.05) is 0 Å². The molecule has 12 heteroatoms.